The van der Waals surface area contributed by atoms with Gasteiger partial charge in [-0.25, -0.2) is 14.8 Å². The molecule has 3 N–H and O–H groups in total. The third-order valence-electron chi connectivity index (χ3n) is 6.66. The summed E-state index contributed by atoms with van der Waals surface area (Å²) in [6.07, 6.45) is 6.89. The lowest BCUT2D eigenvalue weighted by molar-refractivity contribution is -0.117. The van der Waals surface area contributed by atoms with E-state index < -0.39 is 6.03 Å². The number of aryl methyl sites for hydroxylation is 1. The maximum atomic E-state index is 13.4. The van der Waals surface area contributed by atoms with Crippen LogP contribution in [0.2, 0.25) is 0 Å². The number of carbonyl (C=O) groups excluding carboxylic acids is 3. The van der Waals surface area contributed by atoms with Crippen molar-refractivity contribution in [1.82, 2.24) is 20.6 Å². The van der Waals surface area contributed by atoms with Crippen LogP contribution in [-0.4, -0.2) is 46.5 Å². The Bertz CT molecular complexity index is 1430. The van der Waals surface area contributed by atoms with Crippen LogP contribution in [0.1, 0.15) is 48.3 Å². The predicted molar refractivity (Wildman–Crippen MR) is 147 cm³/mol. The molecule has 38 heavy (non-hydrogen) atoms. The molecule has 0 spiro atoms. The fraction of sp³-hybridized carbons (Fsp3) is 0.370. The van der Waals surface area contributed by atoms with E-state index in [4.69, 9.17) is 4.74 Å². The molecule has 4 amide bonds. The minimum absolute atomic E-state index is 0.170. The first-order valence-corrected chi connectivity index (χ1v) is 13.4. The van der Waals surface area contributed by atoms with E-state index in [2.05, 4.69) is 46.3 Å². The quantitative estimate of drug-likeness (QED) is 0.361. The Balaban J connectivity index is 1.45. The van der Waals surface area contributed by atoms with Crippen molar-refractivity contribution in [1.29, 1.82) is 0 Å². The van der Waals surface area contributed by atoms with Gasteiger partial charge in [0.05, 0.1) is 35.3 Å². The molecule has 1 aliphatic heterocycles. The molecule has 3 aromatic heterocycles. The Kier molecular flexibility index (Phi) is 7.02. The number of nitrogens with zero attached hydrogens (tertiary/aromatic N) is 3. The van der Waals surface area contributed by atoms with E-state index in [9.17, 15) is 14.4 Å². The van der Waals surface area contributed by atoms with Crippen molar-refractivity contribution in [2.45, 2.75) is 52.1 Å². The molecule has 5 rings (SSSR count). The van der Waals surface area contributed by atoms with Crippen molar-refractivity contribution in [3.05, 3.63) is 47.6 Å². The van der Waals surface area contributed by atoms with Crippen LogP contribution < -0.4 is 25.6 Å². The average Bonchev–Trinajstić information content (AvgIpc) is 3.48. The van der Waals surface area contributed by atoms with Crippen LogP contribution in [0.3, 0.4) is 0 Å². The van der Waals surface area contributed by atoms with Crippen molar-refractivity contribution < 1.29 is 19.1 Å². The Morgan fingerprint density at radius 2 is 2.03 bits per heavy atom. The molecule has 0 aromatic carbocycles. The molecule has 2 atom stereocenters. The number of anilines is 3. The van der Waals surface area contributed by atoms with E-state index in [-0.39, 0.29) is 23.9 Å². The molecule has 11 heteroatoms. The topological polar surface area (TPSA) is 126 Å². The lowest BCUT2D eigenvalue weighted by Crippen LogP contribution is -2.48. The molecule has 0 bridgehead atoms. The number of thiophene rings is 1. The molecule has 4 heterocycles. The van der Waals surface area contributed by atoms with Crippen LogP contribution in [0, 0.1) is 12.8 Å². The van der Waals surface area contributed by atoms with Crippen LogP contribution >= 0.6 is 11.3 Å². The van der Waals surface area contributed by atoms with Gasteiger partial charge in [-0.3, -0.25) is 14.5 Å². The molecule has 2 aliphatic rings. The number of nitrogens with one attached hydrogen (secondary N) is 3. The minimum Gasteiger partial charge on any atom is -0.477 e. The highest BCUT2D eigenvalue weighted by Crippen LogP contribution is 2.46. The summed E-state index contributed by atoms with van der Waals surface area (Å²) in [5.41, 5.74) is 2.51. The van der Waals surface area contributed by atoms with Crippen molar-refractivity contribution in [3.63, 3.8) is 0 Å². The highest BCUT2D eigenvalue weighted by molar-refractivity contribution is 7.21. The smallest absolute Gasteiger partial charge is 0.331 e. The summed E-state index contributed by atoms with van der Waals surface area (Å²) < 4.78 is 5.74. The summed E-state index contributed by atoms with van der Waals surface area (Å²) >= 11 is 1.23. The fourth-order valence-electron chi connectivity index (χ4n) is 4.85. The number of hydrogen-bond acceptors (Lipinski definition) is 7. The highest BCUT2D eigenvalue weighted by Gasteiger charge is 2.35. The van der Waals surface area contributed by atoms with Gasteiger partial charge < -0.3 is 20.7 Å². The van der Waals surface area contributed by atoms with Crippen LogP contribution in [0.5, 0.6) is 5.88 Å². The van der Waals surface area contributed by atoms with Gasteiger partial charge in [0.25, 0.3) is 5.91 Å². The lowest BCUT2D eigenvalue weighted by Gasteiger charge is -2.29. The summed E-state index contributed by atoms with van der Waals surface area (Å²) in [5, 5.41) is 9.56. The second kappa shape index (κ2) is 10.4. The van der Waals surface area contributed by atoms with E-state index in [0.29, 0.717) is 50.6 Å². The Hall–Kier alpha value is -3.99. The monoisotopic (exact) mass is 534 g/mol. The van der Waals surface area contributed by atoms with Gasteiger partial charge >= 0.3 is 6.03 Å². The van der Waals surface area contributed by atoms with Gasteiger partial charge in [0.1, 0.15) is 9.71 Å². The van der Waals surface area contributed by atoms with Gasteiger partial charge in [0.2, 0.25) is 11.8 Å². The first-order valence-electron chi connectivity index (χ1n) is 12.6. The normalized spacial score (nSPS) is 18.4. The Morgan fingerprint density at radius 3 is 2.74 bits per heavy atom. The zero-order valence-corrected chi connectivity index (χ0v) is 22.4. The molecule has 1 aliphatic carbocycles. The number of hydrogen-bond donors (Lipinski definition) is 3. The van der Waals surface area contributed by atoms with Crippen molar-refractivity contribution in [2.24, 2.45) is 5.92 Å². The maximum absolute atomic E-state index is 13.4. The van der Waals surface area contributed by atoms with E-state index in [1.165, 1.54) is 17.4 Å². The summed E-state index contributed by atoms with van der Waals surface area (Å²) in [5.74, 6) is 0.293. The second-order valence-electron chi connectivity index (χ2n) is 9.93. The molecule has 0 unspecified atom stereocenters. The Morgan fingerprint density at radius 1 is 1.26 bits per heavy atom. The van der Waals surface area contributed by atoms with Crippen molar-refractivity contribution in [2.75, 3.05) is 16.8 Å². The molecule has 198 valence electrons. The van der Waals surface area contributed by atoms with Gasteiger partial charge in [-0.1, -0.05) is 20.4 Å². The highest BCUT2D eigenvalue weighted by atomic mass is 32.1. The minimum atomic E-state index is -0.393. The lowest BCUT2D eigenvalue weighted by atomic mass is 10.1. The summed E-state index contributed by atoms with van der Waals surface area (Å²) in [4.78, 5) is 50.1. The van der Waals surface area contributed by atoms with E-state index in [0.717, 1.165) is 24.8 Å². The van der Waals surface area contributed by atoms with Crippen molar-refractivity contribution >= 4 is 56.5 Å². The van der Waals surface area contributed by atoms with E-state index >= 15 is 0 Å². The standard InChI is InChI=1S/C27H30N6O4S/c1-5-20(34)30-16-7-6-8-17(16)31-25(35)24-23-22-18(9-10-28-26(22)38-24)33(27(36)32-23)19-12-29-21(11-15(19)4)37-13-14(2)3/h5,9-12,14,16-17H,1,6-8,13H2,2-4H3,(H,30,34)(H,31,35)(H,32,36)/t16-,17+/m0/s1. The number of carbonyl (C=O) groups is 3. The third-order valence-corrected chi connectivity index (χ3v) is 7.76. The van der Waals surface area contributed by atoms with Gasteiger partial charge in [-0.2, -0.15) is 0 Å². The first-order chi connectivity index (χ1) is 18.3. The number of rotatable bonds is 8. The number of aromatic nitrogens is 2. The first kappa shape index (κ1) is 25.7. The van der Waals surface area contributed by atoms with Crippen LogP contribution in [0.15, 0.2) is 37.2 Å². The number of ether oxygens (including phenoxy) is 1. The van der Waals surface area contributed by atoms with Crippen molar-refractivity contribution in [3.8, 4) is 5.88 Å². The van der Waals surface area contributed by atoms with E-state index in [1.807, 2.05) is 13.0 Å². The predicted octanol–water partition coefficient (Wildman–Crippen LogP) is 4.67. The second-order valence-corrected chi connectivity index (χ2v) is 10.9. The summed E-state index contributed by atoms with van der Waals surface area (Å²) in [7, 11) is 0. The molecule has 1 fully saturated rings. The van der Waals surface area contributed by atoms with Gasteiger partial charge in [0, 0.05) is 24.3 Å². The molecular weight excluding hydrogens is 504 g/mol. The van der Waals surface area contributed by atoms with Gasteiger partial charge in [-0.05, 0) is 49.8 Å². The number of amides is 4. The molecule has 0 saturated heterocycles. The summed E-state index contributed by atoms with van der Waals surface area (Å²) in [6, 6.07) is 2.80. The number of pyridine rings is 2. The van der Waals surface area contributed by atoms with Crippen LogP contribution in [-0.2, 0) is 4.79 Å². The largest absolute Gasteiger partial charge is 0.477 e. The van der Waals surface area contributed by atoms with Crippen LogP contribution in [0.25, 0.3) is 10.2 Å². The zero-order valence-electron chi connectivity index (χ0n) is 21.5. The molecular formula is C27H30N6O4S. The Labute approximate surface area is 224 Å². The molecule has 1 saturated carbocycles. The average molecular weight is 535 g/mol. The van der Waals surface area contributed by atoms with Gasteiger partial charge in [0.15, 0.2) is 0 Å². The van der Waals surface area contributed by atoms with Gasteiger partial charge in [-0.15, -0.1) is 11.3 Å². The summed E-state index contributed by atoms with van der Waals surface area (Å²) in [6.45, 7) is 10.1. The SMILES string of the molecule is C=CC(=O)N[C@H]1CCC[C@H]1NC(=O)c1sc2nccc3c2c1NC(=O)N3c1cnc(OCC(C)C)cc1C. The van der Waals surface area contributed by atoms with E-state index in [1.54, 1.807) is 23.4 Å². The van der Waals surface area contributed by atoms with Crippen LogP contribution in [0.4, 0.5) is 21.9 Å². The molecule has 3 aromatic rings. The third kappa shape index (κ3) is 4.81. The fourth-order valence-corrected chi connectivity index (χ4v) is 5.88. The molecule has 0 radical (unpaired) electrons. The maximum Gasteiger partial charge on any atom is 0.331 e. The zero-order chi connectivity index (χ0) is 27.0. The molecule has 10 nitrogen and oxygen atoms in total. The number of urea groups is 1.